The Kier molecular flexibility index (Phi) is 6.05. The predicted octanol–water partition coefficient (Wildman–Crippen LogP) is 3.84. The van der Waals surface area contributed by atoms with Crippen molar-refractivity contribution in [1.29, 1.82) is 0 Å². The van der Waals surface area contributed by atoms with Crippen molar-refractivity contribution >= 4 is 5.82 Å². The molecule has 1 saturated carbocycles. The molecule has 2 aromatic rings. The van der Waals surface area contributed by atoms with Crippen LogP contribution in [0, 0.1) is 23.6 Å². The lowest BCUT2D eigenvalue weighted by Crippen LogP contribution is -2.32. The number of halogens is 1. The third-order valence-corrected chi connectivity index (χ3v) is 7.14. The molecule has 2 saturated heterocycles. The molecule has 1 aliphatic carbocycles. The molecule has 7 heteroatoms. The first-order valence-electron chi connectivity index (χ1n) is 11.4. The standard InChI is InChI=1S/C24H31FN4O2/c1-30-23-4-2-19(25)12-21(23)22-3-5-24(28-27-22)26-20-10-17-14-29(15-18(17)11-20)13-16-6-8-31-9-7-16/h2-5,12,16-18,20H,6-11,13-15H2,1H3,(H,26,28)/t17-,18+,20+. The predicted molar refractivity (Wildman–Crippen MR) is 118 cm³/mol. The average molecular weight is 427 g/mol. The summed E-state index contributed by atoms with van der Waals surface area (Å²) in [4.78, 5) is 2.68. The molecule has 0 radical (unpaired) electrons. The van der Waals surface area contributed by atoms with Crippen LogP contribution in [-0.4, -0.2) is 61.1 Å². The highest BCUT2D eigenvalue weighted by Crippen LogP contribution is 2.40. The third kappa shape index (κ3) is 4.67. The number of hydrogen-bond donors (Lipinski definition) is 1. The van der Waals surface area contributed by atoms with Gasteiger partial charge in [0.2, 0.25) is 0 Å². The van der Waals surface area contributed by atoms with Crippen LogP contribution in [0.2, 0.25) is 0 Å². The second kappa shape index (κ2) is 9.09. The highest BCUT2D eigenvalue weighted by atomic mass is 19.1. The Balaban J connectivity index is 1.15. The van der Waals surface area contributed by atoms with Crippen LogP contribution < -0.4 is 10.1 Å². The zero-order valence-corrected chi connectivity index (χ0v) is 18.1. The molecule has 0 amide bonds. The molecular formula is C24H31FN4O2. The Morgan fingerprint density at radius 2 is 1.87 bits per heavy atom. The number of fused-ring (bicyclic) bond motifs is 1. The molecule has 3 aliphatic rings. The third-order valence-electron chi connectivity index (χ3n) is 7.14. The van der Waals surface area contributed by atoms with E-state index in [2.05, 4.69) is 20.4 Å². The van der Waals surface area contributed by atoms with Crippen LogP contribution in [-0.2, 0) is 4.74 Å². The molecule has 6 nitrogen and oxygen atoms in total. The molecule has 2 aliphatic heterocycles. The zero-order valence-electron chi connectivity index (χ0n) is 18.1. The Morgan fingerprint density at radius 3 is 2.55 bits per heavy atom. The zero-order chi connectivity index (χ0) is 21.2. The van der Waals surface area contributed by atoms with Crippen LogP contribution in [0.5, 0.6) is 5.75 Å². The van der Waals surface area contributed by atoms with E-state index in [-0.39, 0.29) is 5.82 Å². The molecular weight excluding hydrogens is 395 g/mol. The summed E-state index contributed by atoms with van der Waals surface area (Å²) in [5.41, 5.74) is 1.22. The van der Waals surface area contributed by atoms with Gasteiger partial charge in [-0.15, -0.1) is 10.2 Å². The first-order valence-corrected chi connectivity index (χ1v) is 11.4. The minimum Gasteiger partial charge on any atom is -0.496 e. The van der Waals surface area contributed by atoms with E-state index in [4.69, 9.17) is 9.47 Å². The monoisotopic (exact) mass is 426 g/mol. The van der Waals surface area contributed by atoms with Crippen molar-refractivity contribution in [3.05, 3.63) is 36.1 Å². The summed E-state index contributed by atoms with van der Waals surface area (Å²) in [6.45, 7) is 5.56. The van der Waals surface area contributed by atoms with Gasteiger partial charge in [-0.1, -0.05) is 0 Å². The van der Waals surface area contributed by atoms with Crippen molar-refractivity contribution in [3.8, 4) is 17.0 Å². The molecule has 166 valence electrons. The van der Waals surface area contributed by atoms with E-state index in [1.165, 1.54) is 57.5 Å². The minimum atomic E-state index is -0.317. The van der Waals surface area contributed by atoms with Crippen LogP contribution >= 0.6 is 0 Å². The van der Waals surface area contributed by atoms with Gasteiger partial charge in [0, 0.05) is 44.5 Å². The number of ether oxygens (including phenoxy) is 2. The largest absolute Gasteiger partial charge is 0.496 e. The minimum absolute atomic E-state index is 0.317. The molecule has 3 atom stereocenters. The van der Waals surface area contributed by atoms with Gasteiger partial charge in [-0.2, -0.15) is 0 Å². The number of aromatic nitrogens is 2. The number of methoxy groups -OCH3 is 1. The molecule has 1 aromatic carbocycles. The van der Waals surface area contributed by atoms with E-state index in [9.17, 15) is 4.39 Å². The second-order valence-electron chi connectivity index (χ2n) is 9.26. The fourth-order valence-corrected chi connectivity index (χ4v) is 5.60. The van der Waals surface area contributed by atoms with Crippen molar-refractivity contribution in [2.45, 2.75) is 31.7 Å². The van der Waals surface area contributed by atoms with Crippen molar-refractivity contribution in [2.24, 2.45) is 17.8 Å². The van der Waals surface area contributed by atoms with Crippen LogP contribution in [0.15, 0.2) is 30.3 Å². The summed E-state index contributed by atoms with van der Waals surface area (Å²) in [5, 5.41) is 12.2. The van der Waals surface area contributed by atoms with Gasteiger partial charge in [0.25, 0.3) is 0 Å². The lowest BCUT2D eigenvalue weighted by molar-refractivity contribution is 0.0545. The lowest BCUT2D eigenvalue weighted by atomic mass is 10.00. The number of benzene rings is 1. The van der Waals surface area contributed by atoms with Crippen LogP contribution in [0.4, 0.5) is 10.2 Å². The molecule has 3 heterocycles. The molecule has 1 N–H and O–H groups in total. The fraction of sp³-hybridized carbons (Fsp3) is 0.583. The molecule has 0 spiro atoms. The van der Waals surface area contributed by atoms with Gasteiger partial charge in [-0.05, 0) is 73.8 Å². The second-order valence-corrected chi connectivity index (χ2v) is 9.26. The first kappa shape index (κ1) is 20.6. The quantitative estimate of drug-likeness (QED) is 0.757. The summed E-state index contributed by atoms with van der Waals surface area (Å²) < 4.78 is 24.5. The van der Waals surface area contributed by atoms with Gasteiger partial charge >= 0.3 is 0 Å². The molecule has 5 rings (SSSR count). The summed E-state index contributed by atoms with van der Waals surface area (Å²) in [5.74, 6) is 3.42. The summed E-state index contributed by atoms with van der Waals surface area (Å²) >= 11 is 0. The maximum atomic E-state index is 13.7. The van der Waals surface area contributed by atoms with E-state index in [0.717, 1.165) is 36.8 Å². The maximum Gasteiger partial charge on any atom is 0.148 e. The van der Waals surface area contributed by atoms with Crippen molar-refractivity contribution < 1.29 is 13.9 Å². The normalized spacial score (nSPS) is 26.7. The first-order chi connectivity index (χ1) is 15.2. The van der Waals surface area contributed by atoms with E-state index in [1.54, 1.807) is 13.2 Å². The number of rotatable bonds is 6. The van der Waals surface area contributed by atoms with Gasteiger partial charge in [0.15, 0.2) is 0 Å². The Bertz CT molecular complexity index is 874. The summed E-state index contributed by atoms with van der Waals surface area (Å²) in [7, 11) is 1.57. The van der Waals surface area contributed by atoms with Crippen LogP contribution in [0.3, 0.4) is 0 Å². The molecule has 31 heavy (non-hydrogen) atoms. The van der Waals surface area contributed by atoms with Gasteiger partial charge in [0.1, 0.15) is 17.4 Å². The van der Waals surface area contributed by atoms with E-state index >= 15 is 0 Å². The maximum absolute atomic E-state index is 13.7. The lowest BCUT2D eigenvalue weighted by Gasteiger charge is -2.27. The molecule has 3 fully saturated rings. The van der Waals surface area contributed by atoms with Gasteiger partial charge in [-0.3, -0.25) is 0 Å². The van der Waals surface area contributed by atoms with E-state index < -0.39 is 0 Å². The summed E-state index contributed by atoms with van der Waals surface area (Å²) in [6, 6.07) is 8.68. The van der Waals surface area contributed by atoms with Gasteiger partial charge < -0.3 is 19.7 Å². The number of nitrogens with one attached hydrogen (secondary N) is 1. The van der Waals surface area contributed by atoms with Crippen LogP contribution in [0.1, 0.15) is 25.7 Å². The highest BCUT2D eigenvalue weighted by molar-refractivity contribution is 5.67. The van der Waals surface area contributed by atoms with Gasteiger partial charge in [0.05, 0.1) is 12.8 Å². The number of hydrogen-bond acceptors (Lipinski definition) is 6. The Hall–Kier alpha value is -2.25. The Morgan fingerprint density at radius 1 is 1.10 bits per heavy atom. The SMILES string of the molecule is COc1ccc(F)cc1-c1ccc(N[C@H]2C[C@@H]3CN(CC4CCOCC4)C[C@@H]3C2)nn1. The fourth-order valence-electron chi connectivity index (χ4n) is 5.60. The Labute approximate surface area is 183 Å². The van der Waals surface area contributed by atoms with E-state index in [0.29, 0.717) is 23.0 Å². The van der Waals surface area contributed by atoms with Crippen molar-refractivity contribution in [1.82, 2.24) is 15.1 Å². The summed E-state index contributed by atoms with van der Waals surface area (Å²) in [6.07, 6.45) is 4.81. The number of likely N-dealkylation sites (tertiary alicyclic amines) is 1. The molecule has 0 unspecified atom stereocenters. The van der Waals surface area contributed by atoms with Crippen LogP contribution in [0.25, 0.3) is 11.3 Å². The topological polar surface area (TPSA) is 59.5 Å². The molecule has 0 bridgehead atoms. The number of anilines is 1. The average Bonchev–Trinajstić information content (AvgIpc) is 3.33. The number of nitrogens with zero attached hydrogens (tertiary/aromatic N) is 3. The highest BCUT2D eigenvalue weighted by Gasteiger charge is 2.41. The van der Waals surface area contributed by atoms with Crippen molar-refractivity contribution in [3.63, 3.8) is 0 Å². The smallest absolute Gasteiger partial charge is 0.148 e. The van der Waals surface area contributed by atoms with Gasteiger partial charge in [-0.25, -0.2) is 4.39 Å². The van der Waals surface area contributed by atoms with Crippen molar-refractivity contribution in [2.75, 3.05) is 45.3 Å². The molecule has 1 aromatic heterocycles. The van der Waals surface area contributed by atoms with E-state index in [1.807, 2.05) is 12.1 Å².